The van der Waals surface area contributed by atoms with E-state index in [4.69, 9.17) is 11.6 Å². The maximum atomic E-state index is 11.9. The number of aromatic nitrogens is 2. The molecular formula is C11H16ClN3O. The molecule has 2 atom stereocenters. The average Bonchev–Trinajstić information content (AvgIpc) is 2.26. The van der Waals surface area contributed by atoms with Gasteiger partial charge in [0.15, 0.2) is 5.82 Å². The molecule has 2 rings (SSSR count). The third kappa shape index (κ3) is 2.07. The molecule has 1 saturated heterocycles. The molecule has 0 spiro atoms. The van der Waals surface area contributed by atoms with Gasteiger partial charge in [0.05, 0.1) is 0 Å². The minimum atomic E-state index is -0.0391. The van der Waals surface area contributed by atoms with Crippen LogP contribution in [0.1, 0.15) is 13.3 Å². The van der Waals surface area contributed by atoms with Crippen molar-refractivity contribution >= 4 is 17.4 Å². The van der Waals surface area contributed by atoms with E-state index in [-0.39, 0.29) is 10.9 Å². The van der Waals surface area contributed by atoms with Gasteiger partial charge in [-0.2, -0.15) is 0 Å². The zero-order chi connectivity index (χ0) is 11.7. The Labute approximate surface area is 99.9 Å². The van der Waals surface area contributed by atoms with Crippen LogP contribution < -0.4 is 10.5 Å². The lowest BCUT2D eigenvalue weighted by molar-refractivity contribution is 0.450. The summed E-state index contributed by atoms with van der Waals surface area (Å²) < 4.78 is 1.56. The summed E-state index contributed by atoms with van der Waals surface area (Å²) in [4.78, 5) is 18.1. The molecule has 0 radical (unpaired) electrons. The standard InChI is InChI=1S/C11H16ClN3O/c1-8-7-15(5-3-9(8)12)10-11(16)14(2)6-4-13-10/h4,6,8-9H,3,5,7H2,1-2H3. The first kappa shape index (κ1) is 11.5. The van der Waals surface area contributed by atoms with Crippen LogP contribution in [0.2, 0.25) is 0 Å². The smallest absolute Gasteiger partial charge is 0.293 e. The Morgan fingerprint density at radius 1 is 1.56 bits per heavy atom. The monoisotopic (exact) mass is 241 g/mol. The highest BCUT2D eigenvalue weighted by molar-refractivity contribution is 6.20. The second-order valence-corrected chi connectivity index (χ2v) is 4.96. The van der Waals surface area contributed by atoms with Gasteiger partial charge in [-0.25, -0.2) is 4.98 Å². The molecule has 1 aliphatic rings. The Bertz CT molecular complexity index is 431. The number of nitrogens with zero attached hydrogens (tertiary/aromatic N) is 3. The highest BCUT2D eigenvalue weighted by atomic mass is 35.5. The van der Waals surface area contributed by atoms with E-state index in [1.807, 2.05) is 4.90 Å². The summed E-state index contributed by atoms with van der Waals surface area (Å²) >= 11 is 6.16. The van der Waals surface area contributed by atoms with Gasteiger partial charge in [0.2, 0.25) is 0 Å². The number of alkyl halides is 1. The van der Waals surface area contributed by atoms with Gasteiger partial charge >= 0.3 is 0 Å². The Kier molecular flexibility index (Phi) is 3.19. The molecule has 2 unspecified atom stereocenters. The van der Waals surface area contributed by atoms with Crippen LogP contribution in [0.3, 0.4) is 0 Å². The Morgan fingerprint density at radius 3 is 3.00 bits per heavy atom. The third-order valence-electron chi connectivity index (χ3n) is 3.10. The summed E-state index contributed by atoms with van der Waals surface area (Å²) in [6.07, 6.45) is 4.24. The minimum Gasteiger partial charge on any atom is -0.352 e. The Morgan fingerprint density at radius 2 is 2.31 bits per heavy atom. The second kappa shape index (κ2) is 4.45. The van der Waals surface area contributed by atoms with Gasteiger partial charge in [0.25, 0.3) is 5.56 Å². The van der Waals surface area contributed by atoms with Crippen LogP contribution in [0, 0.1) is 5.92 Å². The van der Waals surface area contributed by atoms with Crippen molar-refractivity contribution in [3.8, 4) is 0 Å². The summed E-state index contributed by atoms with van der Waals surface area (Å²) in [5.41, 5.74) is -0.0391. The molecule has 88 valence electrons. The Hall–Kier alpha value is -1.03. The van der Waals surface area contributed by atoms with E-state index < -0.39 is 0 Å². The maximum absolute atomic E-state index is 11.9. The van der Waals surface area contributed by atoms with E-state index in [1.165, 1.54) is 0 Å². The van der Waals surface area contributed by atoms with E-state index >= 15 is 0 Å². The number of piperidine rings is 1. The molecular weight excluding hydrogens is 226 g/mol. The van der Waals surface area contributed by atoms with Crippen molar-refractivity contribution in [3.05, 3.63) is 22.7 Å². The molecule has 5 heteroatoms. The Balaban J connectivity index is 2.25. The predicted molar refractivity (Wildman–Crippen MR) is 65.1 cm³/mol. The van der Waals surface area contributed by atoms with Gasteiger partial charge in [-0.3, -0.25) is 4.79 Å². The van der Waals surface area contributed by atoms with Gasteiger partial charge in [0.1, 0.15) is 0 Å². The number of hydrogen-bond donors (Lipinski definition) is 0. The SMILES string of the molecule is CC1CN(c2nccn(C)c2=O)CCC1Cl. The number of rotatable bonds is 1. The summed E-state index contributed by atoms with van der Waals surface area (Å²) in [6.45, 7) is 3.72. The molecule has 0 amide bonds. The average molecular weight is 242 g/mol. The van der Waals surface area contributed by atoms with Crippen molar-refractivity contribution in [2.75, 3.05) is 18.0 Å². The third-order valence-corrected chi connectivity index (χ3v) is 3.75. The van der Waals surface area contributed by atoms with Gasteiger partial charge in [-0.05, 0) is 12.3 Å². The normalized spacial score (nSPS) is 25.8. The molecule has 1 aromatic heterocycles. The van der Waals surface area contributed by atoms with Crippen molar-refractivity contribution in [1.82, 2.24) is 9.55 Å². The molecule has 16 heavy (non-hydrogen) atoms. The van der Waals surface area contributed by atoms with Crippen molar-refractivity contribution in [2.24, 2.45) is 13.0 Å². The molecule has 0 aliphatic carbocycles. The van der Waals surface area contributed by atoms with Gasteiger partial charge in [0, 0.05) is 37.9 Å². The molecule has 1 fully saturated rings. The van der Waals surface area contributed by atoms with E-state index in [1.54, 1.807) is 24.0 Å². The number of hydrogen-bond acceptors (Lipinski definition) is 3. The first-order valence-corrected chi connectivity index (χ1v) is 5.94. The fourth-order valence-corrected chi connectivity index (χ4v) is 2.19. The summed E-state index contributed by atoms with van der Waals surface area (Å²) in [5, 5.41) is 0.212. The quantitative estimate of drug-likeness (QED) is 0.695. The van der Waals surface area contributed by atoms with Crippen molar-refractivity contribution in [3.63, 3.8) is 0 Å². The lowest BCUT2D eigenvalue weighted by Crippen LogP contribution is -2.43. The molecule has 0 N–H and O–H groups in total. The van der Waals surface area contributed by atoms with Crippen LogP contribution in [0.15, 0.2) is 17.2 Å². The maximum Gasteiger partial charge on any atom is 0.293 e. The van der Waals surface area contributed by atoms with Crippen molar-refractivity contribution in [1.29, 1.82) is 0 Å². The fraction of sp³-hybridized carbons (Fsp3) is 0.636. The molecule has 1 aromatic rings. The predicted octanol–water partition coefficient (Wildman–Crippen LogP) is 1.23. The van der Waals surface area contributed by atoms with Gasteiger partial charge < -0.3 is 9.47 Å². The van der Waals surface area contributed by atoms with Crippen LogP contribution in [-0.2, 0) is 7.05 Å². The van der Waals surface area contributed by atoms with Gasteiger partial charge in [-0.15, -0.1) is 11.6 Å². The molecule has 0 bridgehead atoms. The zero-order valence-electron chi connectivity index (χ0n) is 9.56. The molecule has 1 aliphatic heterocycles. The summed E-state index contributed by atoms with van der Waals surface area (Å²) in [7, 11) is 1.74. The van der Waals surface area contributed by atoms with E-state index in [9.17, 15) is 4.79 Å². The molecule has 2 heterocycles. The lowest BCUT2D eigenvalue weighted by Gasteiger charge is -2.34. The van der Waals surface area contributed by atoms with E-state index in [0.29, 0.717) is 11.7 Å². The molecule has 4 nitrogen and oxygen atoms in total. The molecule has 0 saturated carbocycles. The van der Waals surface area contributed by atoms with Gasteiger partial charge in [-0.1, -0.05) is 6.92 Å². The first-order valence-electron chi connectivity index (χ1n) is 5.50. The van der Waals surface area contributed by atoms with Crippen LogP contribution in [0.4, 0.5) is 5.82 Å². The van der Waals surface area contributed by atoms with Crippen molar-refractivity contribution < 1.29 is 0 Å². The highest BCUT2D eigenvalue weighted by Gasteiger charge is 2.26. The summed E-state index contributed by atoms with van der Waals surface area (Å²) in [6, 6.07) is 0. The topological polar surface area (TPSA) is 38.1 Å². The molecule has 0 aromatic carbocycles. The van der Waals surface area contributed by atoms with Crippen LogP contribution in [0.25, 0.3) is 0 Å². The highest BCUT2D eigenvalue weighted by Crippen LogP contribution is 2.23. The first-order chi connectivity index (χ1) is 7.59. The second-order valence-electron chi connectivity index (χ2n) is 4.39. The van der Waals surface area contributed by atoms with Crippen LogP contribution in [-0.4, -0.2) is 28.0 Å². The fourth-order valence-electron chi connectivity index (χ4n) is 2.01. The largest absolute Gasteiger partial charge is 0.352 e. The van der Waals surface area contributed by atoms with Crippen molar-refractivity contribution in [2.45, 2.75) is 18.7 Å². The van der Waals surface area contributed by atoms with E-state index in [0.717, 1.165) is 19.5 Å². The minimum absolute atomic E-state index is 0.0391. The lowest BCUT2D eigenvalue weighted by atomic mass is 10.00. The number of anilines is 1. The zero-order valence-corrected chi connectivity index (χ0v) is 10.3. The van der Waals surface area contributed by atoms with E-state index in [2.05, 4.69) is 11.9 Å². The van der Waals surface area contributed by atoms with Crippen LogP contribution in [0.5, 0.6) is 0 Å². The van der Waals surface area contributed by atoms with Crippen LogP contribution >= 0.6 is 11.6 Å². The summed E-state index contributed by atoms with van der Waals surface area (Å²) in [5.74, 6) is 0.933. The number of halogens is 1. The number of aryl methyl sites for hydroxylation is 1.